The van der Waals surface area contributed by atoms with Gasteiger partial charge in [0.05, 0.1) is 10.2 Å². The van der Waals surface area contributed by atoms with Crippen molar-refractivity contribution in [1.82, 2.24) is 0 Å². The van der Waals surface area contributed by atoms with E-state index in [2.05, 4.69) is 15.9 Å². The topological polar surface area (TPSA) is 46.2 Å². The molecule has 3 N–H and O–H groups in total. The molecule has 1 rings (SSSR count). The van der Waals surface area contributed by atoms with Gasteiger partial charge >= 0.3 is 0 Å². The number of halogens is 2. The molecule has 0 saturated heterocycles. The predicted molar refractivity (Wildman–Crippen MR) is 40.2 cm³/mol. The number of anilines is 1. The normalized spacial score (nSPS) is 9.80. The van der Waals surface area contributed by atoms with Crippen molar-refractivity contribution in [2.75, 3.05) is 5.73 Å². The van der Waals surface area contributed by atoms with Gasteiger partial charge in [0.2, 0.25) is 0 Å². The molecule has 0 spiro atoms. The highest BCUT2D eigenvalue weighted by Crippen LogP contribution is 2.30. The zero-order valence-corrected chi connectivity index (χ0v) is 6.52. The Labute approximate surface area is 65.6 Å². The molecular weight excluding hydrogens is 201 g/mol. The minimum absolute atomic E-state index is 0.183. The minimum Gasteiger partial charge on any atom is -0.507 e. The average molecular weight is 206 g/mol. The molecule has 0 radical (unpaired) electrons. The van der Waals surface area contributed by atoms with Crippen molar-refractivity contribution in [3.05, 3.63) is 22.4 Å². The Balaban J connectivity index is 3.31. The molecule has 0 saturated carbocycles. The third kappa shape index (κ3) is 1.21. The van der Waals surface area contributed by atoms with Crippen LogP contribution in [0.3, 0.4) is 0 Å². The van der Waals surface area contributed by atoms with Gasteiger partial charge < -0.3 is 10.8 Å². The maximum Gasteiger partial charge on any atom is 0.134 e. The van der Waals surface area contributed by atoms with Crippen LogP contribution >= 0.6 is 15.9 Å². The summed E-state index contributed by atoms with van der Waals surface area (Å²) in [6.07, 6.45) is 0. The Morgan fingerprint density at radius 3 is 2.60 bits per heavy atom. The summed E-state index contributed by atoms with van der Waals surface area (Å²) >= 11 is 2.97. The molecule has 0 aliphatic heterocycles. The first kappa shape index (κ1) is 7.34. The fourth-order valence-electron chi connectivity index (χ4n) is 0.595. The first-order valence-electron chi connectivity index (χ1n) is 2.54. The van der Waals surface area contributed by atoms with Gasteiger partial charge in [0.15, 0.2) is 0 Å². The van der Waals surface area contributed by atoms with E-state index in [1.807, 2.05) is 0 Å². The van der Waals surface area contributed by atoms with Crippen molar-refractivity contribution >= 4 is 21.6 Å². The van der Waals surface area contributed by atoms with Crippen molar-refractivity contribution in [2.45, 2.75) is 0 Å². The molecule has 2 nitrogen and oxygen atoms in total. The van der Waals surface area contributed by atoms with Crippen LogP contribution < -0.4 is 5.73 Å². The third-order valence-corrected chi connectivity index (χ3v) is 1.91. The number of benzene rings is 1. The van der Waals surface area contributed by atoms with Crippen LogP contribution in [-0.4, -0.2) is 5.11 Å². The van der Waals surface area contributed by atoms with Gasteiger partial charge in [0, 0.05) is 6.07 Å². The standard InChI is InChI=1S/C6H5BrFNO/c7-6-4(9)1-3(8)2-5(6)10/h1-2,10H,9H2. The SMILES string of the molecule is Nc1cc(F)cc(O)c1Br. The summed E-state index contributed by atoms with van der Waals surface area (Å²) in [7, 11) is 0. The minimum atomic E-state index is -0.543. The van der Waals surface area contributed by atoms with Crippen molar-refractivity contribution in [3.8, 4) is 5.75 Å². The van der Waals surface area contributed by atoms with Crippen molar-refractivity contribution < 1.29 is 9.50 Å². The second kappa shape index (κ2) is 2.46. The monoisotopic (exact) mass is 205 g/mol. The number of nitrogen functional groups attached to an aromatic ring is 1. The second-order valence-electron chi connectivity index (χ2n) is 1.83. The Kier molecular flexibility index (Phi) is 1.80. The quantitative estimate of drug-likeness (QED) is 0.636. The molecule has 10 heavy (non-hydrogen) atoms. The maximum absolute atomic E-state index is 12.3. The van der Waals surface area contributed by atoms with Gasteiger partial charge in [-0.25, -0.2) is 4.39 Å². The lowest BCUT2D eigenvalue weighted by atomic mass is 10.3. The number of aromatic hydroxyl groups is 1. The molecule has 1 aromatic carbocycles. The van der Waals surface area contributed by atoms with Crippen LogP contribution in [-0.2, 0) is 0 Å². The number of phenols is 1. The zero-order chi connectivity index (χ0) is 7.72. The van der Waals surface area contributed by atoms with Crippen LogP contribution in [0, 0.1) is 5.82 Å². The van der Waals surface area contributed by atoms with E-state index < -0.39 is 5.82 Å². The molecule has 0 aliphatic carbocycles. The first-order chi connectivity index (χ1) is 4.61. The summed E-state index contributed by atoms with van der Waals surface area (Å²) in [5, 5.41) is 8.91. The third-order valence-electron chi connectivity index (χ3n) is 1.05. The van der Waals surface area contributed by atoms with Crippen LogP contribution in [0.1, 0.15) is 0 Å². The molecule has 0 unspecified atom stereocenters. The lowest BCUT2D eigenvalue weighted by Gasteiger charge is -1.99. The van der Waals surface area contributed by atoms with Crippen molar-refractivity contribution in [3.63, 3.8) is 0 Å². The summed E-state index contributed by atoms with van der Waals surface area (Å²) in [5.74, 6) is -0.726. The highest BCUT2D eigenvalue weighted by atomic mass is 79.9. The molecule has 0 aliphatic rings. The number of nitrogens with two attached hydrogens (primary N) is 1. The largest absolute Gasteiger partial charge is 0.507 e. The van der Waals surface area contributed by atoms with Gasteiger partial charge in [0.1, 0.15) is 11.6 Å². The molecule has 0 amide bonds. The van der Waals surface area contributed by atoms with Crippen LogP contribution in [0.2, 0.25) is 0 Å². The van der Waals surface area contributed by atoms with Gasteiger partial charge in [-0.15, -0.1) is 0 Å². The lowest BCUT2D eigenvalue weighted by Crippen LogP contribution is -1.87. The number of hydrogen-bond acceptors (Lipinski definition) is 2. The lowest BCUT2D eigenvalue weighted by molar-refractivity contribution is 0.466. The molecule has 0 bridgehead atoms. The molecule has 0 aromatic heterocycles. The Hall–Kier alpha value is -0.770. The van der Waals surface area contributed by atoms with Crippen molar-refractivity contribution in [1.29, 1.82) is 0 Å². The van der Waals surface area contributed by atoms with Crippen molar-refractivity contribution in [2.24, 2.45) is 0 Å². The Morgan fingerprint density at radius 1 is 1.50 bits per heavy atom. The summed E-state index contributed by atoms with van der Waals surface area (Å²) in [6.45, 7) is 0. The van der Waals surface area contributed by atoms with E-state index in [0.717, 1.165) is 12.1 Å². The number of phenolic OH excluding ortho intramolecular Hbond substituents is 1. The summed E-state index contributed by atoms with van der Waals surface area (Å²) in [6, 6.07) is 2.12. The summed E-state index contributed by atoms with van der Waals surface area (Å²) in [5.41, 5.74) is 5.47. The van der Waals surface area contributed by atoms with Gasteiger partial charge in [-0.3, -0.25) is 0 Å². The zero-order valence-electron chi connectivity index (χ0n) is 4.94. The fourth-order valence-corrected chi connectivity index (χ4v) is 0.824. The van der Waals surface area contributed by atoms with Crippen LogP contribution in [0.5, 0.6) is 5.75 Å². The van der Waals surface area contributed by atoms with Gasteiger partial charge in [0.25, 0.3) is 0 Å². The molecule has 54 valence electrons. The van der Waals surface area contributed by atoms with Gasteiger partial charge in [-0.2, -0.15) is 0 Å². The molecule has 0 atom stereocenters. The highest BCUT2D eigenvalue weighted by Gasteiger charge is 2.03. The summed E-state index contributed by atoms with van der Waals surface area (Å²) < 4.78 is 12.7. The maximum atomic E-state index is 12.3. The molecule has 4 heteroatoms. The van der Waals surface area contributed by atoms with Gasteiger partial charge in [-0.05, 0) is 22.0 Å². The smallest absolute Gasteiger partial charge is 0.134 e. The second-order valence-corrected chi connectivity index (χ2v) is 2.62. The molecule has 0 heterocycles. The molecule has 1 aromatic rings. The first-order valence-corrected chi connectivity index (χ1v) is 3.34. The highest BCUT2D eigenvalue weighted by molar-refractivity contribution is 9.10. The van der Waals surface area contributed by atoms with Crippen LogP contribution in [0.15, 0.2) is 16.6 Å². The van der Waals surface area contributed by atoms with E-state index in [0.29, 0.717) is 4.47 Å². The Morgan fingerprint density at radius 2 is 2.10 bits per heavy atom. The van der Waals surface area contributed by atoms with E-state index in [1.165, 1.54) is 0 Å². The number of hydrogen-bond donors (Lipinski definition) is 2. The molecular formula is C6H5BrFNO. The Bertz CT molecular complexity index is 241. The molecule has 0 fully saturated rings. The van der Waals surface area contributed by atoms with Crippen LogP contribution in [0.25, 0.3) is 0 Å². The predicted octanol–water partition coefficient (Wildman–Crippen LogP) is 1.88. The van der Waals surface area contributed by atoms with Gasteiger partial charge in [-0.1, -0.05) is 0 Å². The van der Waals surface area contributed by atoms with E-state index in [9.17, 15) is 4.39 Å². The van der Waals surface area contributed by atoms with E-state index in [-0.39, 0.29) is 11.4 Å². The average Bonchev–Trinajstić information content (AvgIpc) is 1.82. The van der Waals surface area contributed by atoms with E-state index >= 15 is 0 Å². The van der Waals surface area contributed by atoms with Crippen LogP contribution in [0.4, 0.5) is 10.1 Å². The summed E-state index contributed by atoms with van der Waals surface area (Å²) in [4.78, 5) is 0. The number of rotatable bonds is 0. The fraction of sp³-hybridized carbons (Fsp3) is 0. The van der Waals surface area contributed by atoms with E-state index in [1.54, 1.807) is 0 Å². The van der Waals surface area contributed by atoms with E-state index in [4.69, 9.17) is 10.8 Å².